The summed E-state index contributed by atoms with van der Waals surface area (Å²) in [5.41, 5.74) is 1.47. The number of anilines is 1. The van der Waals surface area contributed by atoms with Gasteiger partial charge in [0.15, 0.2) is 11.7 Å². The second-order valence-corrected chi connectivity index (χ2v) is 6.58. The minimum atomic E-state index is -0.394. The molecule has 2 aromatic carbocycles. The minimum absolute atomic E-state index is 0.126. The molecule has 2 aromatic heterocycles. The minimum Gasteiger partial charge on any atom is -0.441 e. The van der Waals surface area contributed by atoms with Crippen molar-refractivity contribution in [3.05, 3.63) is 78.0 Å². The first-order chi connectivity index (χ1) is 14.1. The summed E-state index contributed by atoms with van der Waals surface area (Å²) in [6, 6.07) is 11.3. The number of nitrogens with zero attached hydrogens (tertiary/aromatic N) is 4. The lowest BCUT2D eigenvalue weighted by atomic mass is 10.2. The second kappa shape index (κ2) is 8.24. The largest absolute Gasteiger partial charge is 0.441 e. The predicted octanol–water partition coefficient (Wildman–Crippen LogP) is 4.29. The molecule has 0 unspecified atom stereocenters. The topological polar surface area (TPSA) is 85.8 Å². The summed E-state index contributed by atoms with van der Waals surface area (Å²) in [5.74, 6) is 0.0247. The summed E-state index contributed by atoms with van der Waals surface area (Å²) in [6.45, 7) is 0. The van der Waals surface area contributed by atoms with Crippen molar-refractivity contribution in [2.45, 2.75) is 12.8 Å². The molecule has 1 amide bonds. The Morgan fingerprint density at radius 3 is 2.90 bits per heavy atom. The van der Waals surface area contributed by atoms with E-state index in [9.17, 15) is 9.18 Å². The summed E-state index contributed by atoms with van der Waals surface area (Å²) < 4.78 is 21.0. The standard InChI is InChI=1S/C20H15ClFN5O2/c21-13-5-6-17(27-12-23-11-25-27)16(9-13)26-19(28)7-8-20-24-10-18(29-20)14-3-1-2-4-15(14)22/h1-6,9-12H,7-8H2,(H,26,28). The molecule has 29 heavy (non-hydrogen) atoms. The van der Waals surface area contributed by atoms with Crippen LogP contribution in [-0.4, -0.2) is 25.7 Å². The Morgan fingerprint density at radius 2 is 2.10 bits per heavy atom. The fraction of sp³-hybridized carbons (Fsp3) is 0.100. The van der Waals surface area contributed by atoms with Crippen molar-refractivity contribution in [1.82, 2.24) is 19.7 Å². The van der Waals surface area contributed by atoms with Crippen LogP contribution in [0.3, 0.4) is 0 Å². The molecule has 0 aliphatic heterocycles. The molecular weight excluding hydrogens is 397 g/mol. The van der Waals surface area contributed by atoms with Gasteiger partial charge in [-0.25, -0.2) is 19.0 Å². The fourth-order valence-corrected chi connectivity index (χ4v) is 2.96. The molecule has 2 heterocycles. The molecule has 9 heteroatoms. The number of carbonyl (C=O) groups excluding carboxylic acids is 1. The predicted molar refractivity (Wildman–Crippen MR) is 105 cm³/mol. The first-order valence-corrected chi connectivity index (χ1v) is 9.12. The molecule has 0 atom stereocenters. The van der Waals surface area contributed by atoms with E-state index >= 15 is 0 Å². The van der Waals surface area contributed by atoms with E-state index in [2.05, 4.69) is 20.4 Å². The number of nitrogens with one attached hydrogen (secondary N) is 1. The smallest absolute Gasteiger partial charge is 0.224 e. The molecule has 0 fully saturated rings. The zero-order valence-corrected chi connectivity index (χ0v) is 15.8. The molecule has 0 saturated heterocycles. The van der Waals surface area contributed by atoms with E-state index < -0.39 is 5.82 Å². The van der Waals surface area contributed by atoms with E-state index in [-0.39, 0.29) is 18.7 Å². The molecule has 0 aliphatic rings. The van der Waals surface area contributed by atoms with E-state index in [1.54, 1.807) is 36.4 Å². The van der Waals surface area contributed by atoms with Gasteiger partial charge in [0.05, 0.1) is 23.1 Å². The van der Waals surface area contributed by atoms with Gasteiger partial charge in [-0.05, 0) is 30.3 Å². The molecule has 0 bridgehead atoms. The van der Waals surface area contributed by atoms with Gasteiger partial charge >= 0.3 is 0 Å². The number of halogens is 2. The number of amides is 1. The Balaban J connectivity index is 1.43. The van der Waals surface area contributed by atoms with Crippen molar-refractivity contribution < 1.29 is 13.6 Å². The number of rotatable bonds is 6. The third-order valence-corrected chi connectivity index (χ3v) is 4.39. The lowest BCUT2D eigenvalue weighted by Crippen LogP contribution is -2.14. The lowest BCUT2D eigenvalue weighted by Gasteiger charge is -2.11. The summed E-state index contributed by atoms with van der Waals surface area (Å²) >= 11 is 6.06. The fourth-order valence-electron chi connectivity index (χ4n) is 2.79. The quantitative estimate of drug-likeness (QED) is 0.511. The number of aromatic nitrogens is 4. The number of carbonyl (C=O) groups is 1. The van der Waals surface area contributed by atoms with E-state index in [1.165, 1.54) is 29.6 Å². The maximum atomic E-state index is 13.9. The number of hydrogen-bond acceptors (Lipinski definition) is 5. The van der Waals surface area contributed by atoms with Gasteiger partial charge in [-0.15, -0.1) is 0 Å². The number of oxazole rings is 1. The Kier molecular flexibility index (Phi) is 5.35. The van der Waals surface area contributed by atoms with E-state index in [4.69, 9.17) is 16.0 Å². The molecule has 0 spiro atoms. The van der Waals surface area contributed by atoms with Crippen LogP contribution in [0.5, 0.6) is 0 Å². The monoisotopic (exact) mass is 411 g/mol. The highest BCUT2D eigenvalue weighted by molar-refractivity contribution is 6.31. The van der Waals surface area contributed by atoms with Gasteiger partial charge in [0.25, 0.3) is 0 Å². The van der Waals surface area contributed by atoms with Gasteiger partial charge in [0.2, 0.25) is 5.91 Å². The zero-order valence-electron chi connectivity index (χ0n) is 15.0. The Hall–Kier alpha value is -3.52. The maximum Gasteiger partial charge on any atom is 0.224 e. The first-order valence-electron chi connectivity index (χ1n) is 8.74. The number of benzene rings is 2. The van der Waals surface area contributed by atoms with Crippen LogP contribution in [0.15, 0.2) is 65.7 Å². The number of aryl methyl sites for hydroxylation is 1. The van der Waals surface area contributed by atoms with Crippen molar-refractivity contribution in [1.29, 1.82) is 0 Å². The highest BCUT2D eigenvalue weighted by Gasteiger charge is 2.14. The molecule has 146 valence electrons. The van der Waals surface area contributed by atoms with Gasteiger partial charge in [-0.3, -0.25) is 4.79 Å². The van der Waals surface area contributed by atoms with Crippen molar-refractivity contribution >= 4 is 23.2 Å². The highest BCUT2D eigenvalue weighted by atomic mass is 35.5. The van der Waals surface area contributed by atoms with Crippen LogP contribution in [0.1, 0.15) is 12.3 Å². The van der Waals surface area contributed by atoms with E-state index in [0.29, 0.717) is 33.6 Å². The van der Waals surface area contributed by atoms with Gasteiger partial charge in [-0.2, -0.15) is 5.10 Å². The van der Waals surface area contributed by atoms with Crippen molar-refractivity contribution in [3.63, 3.8) is 0 Å². The maximum absolute atomic E-state index is 13.9. The third-order valence-electron chi connectivity index (χ3n) is 4.16. The van der Waals surface area contributed by atoms with Crippen LogP contribution >= 0.6 is 11.6 Å². The summed E-state index contributed by atoms with van der Waals surface area (Å²) in [5, 5.41) is 7.37. The van der Waals surface area contributed by atoms with Gasteiger partial charge in [0.1, 0.15) is 18.5 Å². The molecule has 7 nitrogen and oxygen atoms in total. The Morgan fingerprint density at radius 1 is 1.24 bits per heavy atom. The lowest BCUT2D eigenvalue weighted by molar-refractivity contribution is -0.116. The average molecular weight is 412 g/mol. The molecule has 0 aliphatic carbocycles. The van der Waals surface area contributed by atoms with Crippen molar-refractivity contribution in [2.75, 3.05) is 5.32 Å². The van der Waals surface area contributed by atoms with Crippen LogP contribution in [0, 0.1) is 5.82 Å². The molecule has 4 rings (SSSR count). The van der Waals surface area contributed by atoms with Crippen molar-refractivity contribution in [3.8, 4) is 17.0 Å². The average Bonchev–Trinajstić information content (AvgIpc) is 3.39. The Bertz CT molecular complexity index is 1140. The first kappa shape index (κ1) is 18.8. The molecule has 0 saturated carbocycles. The normalized spacial score (nSPS) is 10.8. The second-order valence-electron chi connectivity index (χ2n) is 6.15. The van der Waals surface area contributed by atoms with Crippen LogP contribution in [-0.2, 0) is 11.2 Å². The SMILES string of the molecule is O=C(CCc1ncc(-c2ccccc2F)o1)Nc1cc(Cl)ccc1-n1cncn1. The third kappa shape index (κ3) is 4.33. The summed E-state index contributed by atoms with van der Waals surface area (Å²) in [4.78, 5) is 20.5. The van der Waals surface area contributed by atoms with Crippen LogP contribution in [0.25, 0.3) is 17.0 Å². The van der Waals surface area contributed by atoms with E-state index in [0.717, 1.165) is 0 Å². The summed E-state index contributed by atoms with van der Waals surface area (Å²) in [6.07, 6.45) is 4.76. The van der Waals surface area contributed by atoms with Crippen molar-refractivity contribution in [2.24, 2.45) is 0 Å². The molecule has 0 radical (unpaired) electrons. The molecular formula is C20H15ClFN5O2. The van der Waals surface area contributed by atoms with Crippen LogP contribution in [0.4, 0.5) is 10.1 Å². The van der Waals surface area contributed by atoms with Gasteiger partial charge in [-0.1, -0.05) is 23.7 Å². The molecule has 4 aromatic rings. The molecule has 1 N–H and O–H groups in total. The number of hydrogen-bond donors (Lipinski definition) is 1. The van der Waals surface area contributed by atoms with Crippen LogP contribution in [0.2, 0.25) is 5.02 Å². The zero-order chi connectivity index (χ0) is 20.2. The summed E-state index contributed by atoms with van der Waals surface area (Å²) in [7, 11) is 0. The highest BCUT2D eigenvalue weighted by Crippen LogP contribution is 2.25. The van der Waals surface area contributed by atoms with E-state index in [1.807, 2.05) is 0 Å². The Labute approximate surface area is 170 Å². The van der Waals surface area contributed by atoms with Gasteiger partial charge in [0, 0.05) is 17.9 Å². The van der Waals surface area contributed by atoms with Crippen LogP contribution < -0.4 is 5.32 Å². The van der Waals surface area contributed by atoms with Gasteiger partial charge < -0.3 is 9.73 Å².